The second kappa shape index (κ2) is 6.67. The molecule has 0 bridgehead atoms. The van der Waals surface area contributed by atoms with Gasteiger partial charge in [-0.15, -0.1) is 0 Å². The predicted octanol–water partition coefficient (Wildman–Crippen LogP) is 2.61. The first-order valence-corrected chi connectivity index (χ1v) is 8.14. The summed E-state index contributed by atoms with van der Waals surface area (Å²) < 4.78 is 15.9. The number of likely N-dealkylation sites (N-methyl/N-ethyl adjacent to an activating group) is 1. The summed E-state index contributed by atoms with van der Waals surface area (Å²) in [4.78, 5) is 28.3. The molecule has 3 aromatic rings. The molecule has 0 saturated carbocycles. The van der Waals surface area contributed by atoms with Gasteiger partial charge in [0.05, 0.1) is 17.4 Å². The van der Waals surface area contributed by atoms with Crippen molar-refractivity contribution >= 4 is 44.3 Å². The molecule has 0 fully saturated rings. The molecule has 2 amide bonds. The van der Waals surface area contributed by atoms with Crippen LogP contribution in [0.4, 0.5) is 10.1 Å². The summed E-state index contributed by atoms with van der Waals surface area (Å²) in [6.45, 7) is 0.0779. The fourth-order valence-corrected chi connectivity index (χ4v) is 2.71. The lowest BCUT2D eigenvalue weighted by Gasteiger charge is -2.09. The standard InChI is InChI=1S/C16H15BrFN5O2/c1-22(2)15(24)8-23-7-10(6-19-23)20-16(25)14-5-11-12(18)3-9(17)4-13(11)21-14/h3-7,21H,8H2,1-2H3,(H,20,25). The Labute approximate surface area is 150 Å². The Balaban J connectivity index is 1.75. The van der Waals surface area contributed by atoms with E-state index in [9.17, 15) is 14.0 Å². The predicted molar refractivity (Wildman–Crippen MR) is 94.8 cm³/mol. The topological polar surface area (TPSA) is 83.0 Å². The SMILES string of the molecule is CN(C)C(=O)Cn1cc(NC(=O)c2cc3c(F)cc(Br)cc3[nH]2)cn1. The van der Waals surface area contributed by atoms with Crippen LogP contribution in [0.2, 0.25) is 0 Å². The van der Waals surface area contributed by atoms with Crippen LogP contribution in [-0.4, -0.2) is 45.6 Å². The maximum atomic E-state index is 13.9. The van der Waals surface area contributed by atoms with E-state index in [-0.39, 0.29) is 18.1 Å². The summed E-state index contributed by atoms with van der Waals surface area (Å²) in [7, 11) is 3.31. The maximum Gasteiger partial charge on any atom is 0.272 e. The van der Waals surface area contributed by atoms with Crippen molar-refractivity contribution in [2.75, 3.05) is 19.4 Å². The molecule has 2 heterocycles. The highest BCUT2D eigenvalue weighted by atomic mass is 79.9. The number of anilines is 1. The molecule has 0 aliphatic heterocycles. The number of fused-ring (bicyclic) bond motifs is 1. The van der Waals surface area contributed by atoms with E-state index in [4.69, 9.17) is 0 Å². The van der Waals surface area contributed by atoms with Crippen LogP contribution in [0.15, 0.2) is 35.1 Å². The van der Waals surface area contributed by atoms with Gasteiger partial charge in [-0.05, 0) is 18.2 Å². The zero-order chi connectivity index (χ0) is 18.1. The molecule has 0 atom stereocenters. The van der Waals surface area contributed by atoms with Gasteiger partial charge in [0.1, 0.15) is 18.1 Å². The van der Waals surface area contributed by atoms with Gasteiger partial charge >= 0.3 is 0 Å². The third kappa shape index (κ3) is 3.71. The first-order valence-electron chi connectivity index (χ1n) is 7.35. The molecule has 0 unspecified atom stereocenters. The zero-order valence-electron chi connectivity index (χ0n) is 13.5. The molecule has 0 aliphatic rings. The molecule has 130 valence electrons. The number of aromatic nitrogens is 3. The summed E-state index contributed by atoms with van der Waals surface area (Å²) in [5.41, 5.74) is 1.19. The van der Waals surface area contributed by atoms with E-state index in [1.807, 2.05) is 0 Å². The number of amides is 2. The molecule has 0 aliphatic carbocycles. The normalized spacial score (nSPS) is 10.9. The van der Waals surface area contributed by atoms with Crippen LogP contribution in [0.3, 0.4) is 0 Å². The van der Waals surface area contributed by atoms with Gasteiger partial charge in [-0.25, -0.2) is 4.39 Å². The minimum atomic E-state index is -0.426. The van der Waals surface area contributed by atoms with Crippen LogP contribution < -0.4 is 5.32 Å². The van der Waals surface area contributed by atoms with Gasteiger partial charge in [-0.2, -0.15) is 5.10 Å². The highest BCUT2D eigenvalue weighted by Gasteiger charge is 2.14. The van der Waals surface area contributed by atoms with Gasteiger partial charge in [-0.1, -0.05) is 15.9 Å². The Morgan fingerprint density at radius 2 is 2.12 bits per heavy atom. The molecule has 0 spiro atoms. The number of hydrogen-bond acceptors (Lipinski definition) is 3. The molecule has 2 aromatic heterocycles. The number of nitrogens with one attached hydrogen (secondary N) is 2. The Morgan fingerprint density at radius 3 is 2.84 bits per heavy atom. The number of aromatic amines is 1. The Kier molecular flexibility index (Phi) is 4.58. The van der Waals surface area contributed by atoms with Gasteiger partial charge in [0.2, 0.25) is 5.91 Å². The van der Waals surface area contributed by atoms with E-state index < -0.39 is 11.7 Å². The van der Waals surface area contributed by atoms with E-state index in [0.29, 0.717) is 21.1 Å². The molecule has 1 aromatic carbocycles. The van der Waals surface area contributed by atoms with Crippen molar-refractivity contribution in [3.8, 4) is 0 Å². The Bertz CT molecular complexity index is 963. The van der Waals surface area contributed by atoms with Crippen molar-refractivity contribution in [3.05, 3.63) is 46.6 Å². The highest BCUT2D eigenvalue weighted by molar-refractivity contribution is 9.10. The number of hydrogen-bond donors (Lipinski definition) is 2. The minimum absolute atomic E-state index is 0.0779. The van der Waals surface area contributed by atoms with Crippen LogP contribution in [0, 0.1) is 5.82 Å². The van der Waals surface area contributed by atoms with Gasteiger partial charge in [0, 0.05) is 30.2 Å². The average Bonchev–Trinajstić information content (AvgIpc) is 3.14. The molecule has 7 nitrogen and oxygen atoms in total. The van der Waals surface area contributed by atoms with Crippen LogP contribution in [-0.2, 0) is 11.3 Å². The number of halogens is 2. The molecule has 0 saturated heterocycles. The van der Waals surface area contributed by atoms with Crippen LogP contribution in [0.5, 0.6) is 0 Å². The minimum Gasteiger partial charge on any atom is -0.350 e. The summed E-state index contributed by atoms with van der Waals surface area (Å²) in [6, 6.07) is 4.48. The van der Waals surface area contributed by atoms with Gasteiger partial charge < -0.3 is 15.2 Å². The van der Waals surface area contributed by atoms with E-state index in [0.717, 1.165) is 0 Å². The van der Waals surface area contributed by atoms with E-state index in [2.05, 4.69) is 31.3 Å². The summed E-state index contributed by atoms with van der Waals surface area (Å²) in [5, 5.41) is 7.03. The zero-order valence-corrected chi connectivity index (χ0v) is 15.1. The van der Waals surface area contributed by atoms with Crippen molar-refractivity contribution in [1.82, 2.24) is 19.7 Å². The van der Waals surface area contributed by atoms with E-state index in [1.54, 1.807) is 26.4 Å². The molecular weight excluding hydrogens is 393 g/mol. The van der Waals surface area contributed by atoms with Crippen molar-refractivity contribution in [1.29, 1.82) is 0 Å². The van der Waals surface area contributed by atoms with Crippen molar-refractivity contribution in [3.63, 3.8) is 0 Å². The van der Waals surface area contributed by atoms with Gasteiger partial charge in [-0.3, -0.25) is 14.3 Å². The fraction of sp³-hybridized carbons (Fsp3) is 0.188. The summed E-state index contributed by atoms with van der Waals surface area (Å²) >= 11 is 3.21. The fourth-order valence-electron chi connectivity index (χ4n) is 2.28. The summed E-state index contributed by atoms with van der Waals surface area (Å²) in [6.07, 6.45) is 3.00. The molecule has 0 radical (unpaired) electrons. The number of H-pyrrole nitrogens is 1. The average molecular weight is 408 g/mol. The van der Waals surface area contributed by atoms with E-state index in [1.165, 1.54) is 27.9 Å². The summed E-state index contributed by atoms with van der Waals surface area (Å²) in [5.74, 6) is -0.961. The lowest BCUT2D eigenvalue weighted by Crippen LogP contribution is -2.26. The van der Waals surface area contributed by atoms with Crippen molar-refractivity contribution < 1.29 is 14.0 Å². The van der Waals surface area contributed by atoms with Crippen molar-refractivity contribution in [2.24, 2.45) is 0 Å². The second-order valence-electron chi connectivity index (χ2n) is 5.70. The number of carbonyl (C=O) groups is 2. The van der Waals surface area contributed by atoms with Crippen molar-refractivity contribution in [2.45, 2.75) is 6.54 Å². The van der Waals surface area contributed by atoms with Gasteiger partial charge in [0.25, 0.3) is 5.91 Å². The monoisotopic (exact) mass is 407 g/mol. The first kappa shape index (κ1) is 17.2. The van der Waals surface area contributed by atoms with Gasteiger partial charge in [0.15, 0.2) is 0 Å². The lowest BCUT2D eigenvalue weighted by atomic mass is 10.2. The number of rotatable bonds is 4. The van der Waals surface area contributed by atoms with Crippen LogP contribution in [0.25, 0.3) is 10.9 Å². The van der Waals surface area contributed by atoms with E-state index >= 15 is 0 Å². The maximum absolute atomic E-state index is 13.9. The Morgan fingerprint density at radius 1 is 1.36 bits per heavy atom. The number of benzene rings is 1. The van der Waals surface area contributed by atoms with Crippen LogP contribution in [0.1, 0.15) is 10.5 Å². The second-order valence-corrected chi connectivity index (χ2v) is 6.62. The molecule has 2 N–H and O–H groups in total. The smallest absolute Gasteiger partial charge is 0.272 e. The number of carbonyl (C=O) groups excluding carboxylic acids is 2. The van der Waals surface area contributed by atoms with Crippen LogP contribution >= 0.6 is 15.9 Å². The lowest BCUT2D eigenvalue weighted by molar-refractivity contribution is -0.129. The molecule has 9 heteroatoms. The molecular formula is C16H15BrFN5O2. The Hall–Kier alpha value is -2.68. The number of nitrogens with zero attached hydrogens (tertiary/aromatic N) is 3. The quantitative estimate of drug-likeness (QED) is 0.696. The third-order valence-electron chi connectivity index (χ3n) is 3.58. The largest absolute Gasteiger partial charge is 0.350 e. The highest BCUT2D eigenvalue weighted by Crippen LogP contribution is 2.24. The molecule has 25 heavy (non-hydrogen) atoms. The first-order chi connectivity index (χ1) is 11.8. The molecule has 3 rings (SSSR count). The third-order valence-corrected chi connectivity index (χ3v) is 4.04.